The second-order valence-corrected chi connectivity index (χ2v) is 5.02. The molecule has 2 atom stereocenters. The lowest BCUT2D eigenvalue weighted by molar-refractivity contribution is -0.144. The quantitative estimate of drug-likeness (QED) is 0.756. The molecule has 0 aromatic carbocycles. The molecule has 2 unspecified atom stereocenters. The monoisotopic (exact) mass is 226 g/mol. The van der Waals surface area contributed by atoms with Gasteiger partial charge < -0.3 is 15.4 Å². The molecule has 2 saturated heterocycles. The summed E-state index contributed by atoms with van der Waals surface area (Å²) in [7, 11) is 0. The number of hydrogen-bond donors (Lipinski definition) is 1. The molecular weight excluding hydrogens is 204 g/mol. The van der Waals surface area contributed by atoms with E-state index in [1.54, 1.807) is 0 Å². The fraction of sp³-hybridized carbons (Fsp3) is 0.917. The largest absolute Gasteiger partial charge is 0.365 e. The molecule has 16 heavy (non-hydrogen) atoms. The number of likely N-dealkylation sites (tertiary alicyclic amines) is 1. The van der Waals surface area contributed by atoms with Gasteiger partial charge in [-0.1, -0.05) is 0 Å². The fourth-order valence-electron chi connectivity index (χ4n) is 2.58. The molecule has 0 spiro atoms. The number of hydrogen-bond acceptors (Lipinski definition) is 3. The number of piperidine rings is 1. The molecule has 0 bridgehead atoms. The van der Waals surface area contributed by atoms with Crippen LogP contribution < -0.4 is 5.73 Å². The molecule has 2 fully saturated rings. The maximum absolute atomic E-state index is 12.1. The highest BCUT2D eigenvalue weighted by atomic mass is 16.5. The first kappa shape index (κ1) is 11.9. The molecule has 2 rings (SSSR count). The SMILES string of the molecule is CC1CCC(C(=O)N2CCC(CN)CC2)O1. The Balaban J connectivity index is 1.82. The van der Waals surface area contributed by atoms with E-state index >= 15 is 0 Å². The Morgan fingerprint density at radius 1 is 1.31 bits per heavy atom. The first-order valence-corrected chi connectivity index (χ1v) is 6.35. The highest BCUT2D eigenvalue weighted by Crippen LogP contribution is 2.23. The van der Waals surface area contributed by atoms with Crippen molar-refractivity contribution in [2.45, 2.75) is 44.8 Å². The van der Waals surface area contributed by atoms with Crippen molar-refractivity contribution in [3.8, 4) is 0 Å². The standard InChI is InChI=1S/C12H22N2O2/c1-9-2-3-11(16-9)12(15)14-6-4-10(8-13)5-7-14/h9-11H,2-8,13H2,1H3. The molecule has 0 radical (unpaired) electrons. The molecule has 1 amide bonds. The van der Waals surface area contributed by atoms with E-state index in [1.165, 1.54) is 0 Å². The average Bonchev–Trinajstić information content (AvgIpc) is 2.75. The van der Waals surface area contributed by atoms with Crippen LogP contribution in [0.5, 0.6) is 0 Å². The van der Waals surface area contributed by atoms with Gasteiger partial charge in [0.2, 0.25) is 0 Å². The molecule has 2 aliphatic heterocycles. The molecule has 0 aliphatic carbocycles. The van der Waals surface area contributed by atoms with E-state index in [2.05, 4.69) is 0 Å². The van der Waals surface area contributed by atoms with Crippen LogP contribution in [0.15, 0.2) is 0 Å². The van der Waals surface area contributed by atoms with E-state index in [1.807, 2.05) is 11.8 Å². The highest BCUT2D eigenvalue weighted by Gasteiger charge is 2.32. The third-order valence-electron chi connectivity index (χ3n) is 3.77. The molecule has 4 heteroatoms. The van der Waals surface area contributed by atoms with Crippen LogP contribution in [0.25, 0.3) is 0 Å². The van der Waals surface area contributed by atoms with Crippen LogP contribution in [-0.4, -0.2) is 42.6 Å². The van der Waals surface area contributed by atoms with Crippen molar-refractivity contribution < 1.29 is 9.53 Å². The second kappa shape index (κ2) is 5.15. The van der Waals surface area contributed by atoms with E-state index in [-0.39, 0.29) is 18.1 Å². The Morgan fingerprint density at radius 3 is 2.50 bits per heavy atom. The van der Waals surface area contributed by atoms with E-state index in [0.717, 1.165) is 45.3 Å². The lowest BCUT2D eigenvalue weighted by Crippen LogP contribution is -2.44. The summed E-state index contributed by atoms with van der Waals surface area (Å²) < 4.78 is 5.61. The number of carbonyl (C=O) groups excluding carboxylic acids is 1. The van der Waals surface area contributed by atoms with E-state index in [0.29, 0.717) is 5.92 Å². The minimum Gasteiger partial charge on any atom is -0.365 e. The predicted molar refractivity (Wildman–Crippen MR) is 61.9 cm³/mol. The summed E-state index contributed by atoms with van der Waals surface area (Å²) in [5.74, 6) is 0.798. The number of amides is 1. The van der Waals surface area contributed by atoms with Crippen molar-refractivity contribution in [2.24, 2.45) is 11.7 Å². The first-order chi connectivity index (χ1) is 7.70. The van der Waals surface area contributed by atoms with Gasteiger partial charge in [0.05, 0.1) is 6.10 Å². The molecule has 4 nitrogen and oxygen atoms in total. The zero-order valence-electron chi connectivity index (χ0n) is 10.0. The van der Waals surface area contributed by atoms with Crippen molar-refractivity contribution in [1.82, 2.24) is 4.90 Å². The molecule has 0 aromatic heterocycles. The number of rotatable bonds is 2. The summed E-state index contributed by atoms with van der Waals surface area (Å²) in [5.41, 5.74) is 5.64. The maximum atomic E-state index is 12.1. The maximum Gasteiger partial charge on any atom is 0.251 e. The first-order valence-electron chi connectivity index (χ1n) is 6.35. The van der Waals surface area contributed by atoms with E-state index in [9.17, 15) is 4.79 Å². The summed E-state index contributed by atoms with van der Waals surface area (Å²) in [6, 6.07) is 0. The van der Waals surface area contributed by atoms with E-state index < -0.39 is 0 Å². The highest BCUT2D eigenvalue weighted by molar-refractivity contribution is 5.81. The average molecular weight is 226 g/mol. The second-order valence-electron chi connectivity index (χ2n) is 5.02. The van der Waals surface area contributed by atoms with Gasteiger partial charge in [-0.2, -0.15) is 0 Å². The van der Waals surface area contributed by atoms with Crippen LogP contribution in [0.1, 0.15) is 32.6 Å². The lowest BCUT2D eigenvalue weighted by atomic mass is 9.96. The van der Waals surface area contributed by atoms with Gasteiger partial charge in [-0.25, -0.2) is 0 Å². The van der Waals surface area contributed by atoms with E-state index in [4.69, 9.17) is 10.5 Å². The summed E-state index contributed by atoms with van der Waals surface area (Å²) in [4.78, 5) is 14.1. The number of nitrogens with zero attached hydrogens (tertiary/aromatic N) is 1. The number of carbonyl (C=O) groups is 1. The number of ether oxygens (including phenoxy) is 1. The van der Waals surface area contributed by atoms with Gasteiger partial charge in [-0.05, 0) is 45.1 Å². The van der Waals surface area contributed by atoms with Crippen molar-refractivity contribution in [3.05, 3.63) is 0 Å². The zero-order valence-corrected chi connectivity index (χ0v) is 10.0. The third-order valence-corrected chi connectivity index (χ3v) is 3.77. The lowest BCUT2D eigenvalue weighted by Gasteiger charge is -2.32. The molecule has 2 aliphatic rings. The van der Waals surface area contributed by atoms with Gasteiger partial charge in [0.25, 0.3) is 5.91 Å². The Morgan fingerprint density at radius 2 is 2.00 bits per heavy atom. The summed E-state index contributed by atoms with van der Waals surface area (Å²) in [5, 5.41) is 0. The molecule has 2 heterocycles. The van der Waals surface area contributed by atoms with Crippen molar-refractivity contribution in [1.29, 1.82) is 0 Å². The van der Waals surface area contributed by atoms with Gasteiger partial charge in [0, 0.05) is 13.1 Å². The van der Waals surface area contributed by atoms with Gasteiger partial charge in [0.1, 0.15) is 6.10 Å². The minimum atomic E-state index is -0.176. The number of nitrogens with two attached hydrogens (primary N) is 1. The Hall–Kier alpha value is -0.610. The van der Waals surface area contributed by atoms with Gasteiger partial charge >= 0.3 is 0 Å². The Labute approximate surface area is 97.1 Å². The topological polar surface area (TPSA) is 55.6 Å². The molecule has 92 valence electrons. The van der Waals surface area contributed by atoms with Crippen LogP contribution >= 0.6 is 0 Å². The van der Waals surface area contributed by atoms with Gasteiger partial charge in [-0.15, -0.1) is 0 Å². The molecule has 2 N–H and O–H groups in total. The Kier molecular flexibility index (Phi) is 3.82. The van der Waals surface area contributed by atoms with Crippen molar-refractivity contribution in [2.75, 3.05) is 19.6 Å². The van der Waals surface area contributed by atoms with Crippen LogP contribution in [0.3, 0.4) is 0 Å². The Bertz CT molecular complexity index is 249. The molecule has 0 aromatic rings. The van der Waals surface area contributed by atoms with Gasteiger partial charge in [0.15, 0.2) is 0 Å². The van der Waals surface area contributed by atoms with Crippen LogP contribution in [0, 0.1) is 5.92 Å². The van der Waals surface area contributed by atoms with Crippen LogP contribution in [0.2, 0.25) is 0 Å². The molecular formula is C12H22N2O2. The minimum absolute atomic E-state index is 0.176. The normalized spacial score (nSPS) is 32.0. The van der Waals surface area contributed by atoms with Crippen LogP contribution in [0.4, 0.5) is 0 Å². The smallest absolute Gasteiger partial charge is 0.251 e. The zero-order chi connectivity index (χ0) is 11.5. The fourth-order valence-corrected chi connectivity index (χ4v) is 2.58. The summed E-state index contributed by atoms with van der Waals surface area (Å²) in [6.07, 6.45) is 4.06. The van der Waals surface area contributed by atoms with Crippen molar-refractivity contribution >= 4 is 5.91 Å². The predicted octanol–water partition coefficient (Wildman–Crippen LogP) is 0.751. The third kappa shape index (κ3) is 2.55. The summed E-state index contributed by atoms with van der Waals surface area (Å²) >= 11 is 0. The van der Waals surface area contributed by atoms with Crippen LogP contribution in [-0.2, 0) is 9.53 Å². The van der Waals surface area contributed by atoms with Crippen molar-refractivity contribution in [3.63, 3.8) is 0 Å². The molecule has 0 saturated carbocycles. The van der Waals surface area contributed by atoms with Gasteiger partial charge in [-0.3, -0.25) is 4.79 Å². The summed E-state index contributed by atoms with van der Waals surface area (Å²) in [6.45, 7) is 4.50.